The summed E-state index contributed by atoms with van der Waals surface area (Å²) in [5, 5.41) is 14.0. The first-order chi connectivity index (χ1) is 11.0. The fraction of sp³-hybridized carbons (Fsp3) is 0. The number of fused-ring (bicyclic) bond motifs is 1. The summed E-state index contributed by atoms with van der Waals surface area (Å²) in [6.45, 7) is 0. The standard InChI is InChI=1S/C15H12N4O4/c20-13(21)8-1-3-9(4-2-8)16-14(22)17-10-5-6-11-12(7-10)19-15(23)18-11/h1-7H,(H,20,21)(H2,16,17,22)(H2,18,19,23). The van der Waals surface area contributed by atoms with Crippen molar-refractivity contribution in [3.63, 3.8) is 0 Å². The van der Waals surface area contributed by atoms with Gasteiger partial charge >= 0.3 is 17.7 Å². The maximum atomic E-state index is 11.9. The van der Waals surface area contributed by atoms with E-state index < -0.39 is 12.0 Å². The Morgan fingerprint density at radius 2 is 1.48 bits per heavy atom. The third-order valence-electron chi connectivity index (χ3n) is 3.16. The first-order valence-corrected chi connectivity index (χ1v) is 6.65. The van der Waals surface area contributed by atoms with E-state index in [1.807, 2.05) is 0 Å². The summed E-state index contributed by atoms with van der Waals surface area (Å²) in [7, 11) is 0. The first-order valence-electron chi connectivity index (χ1n) is 6.65. The van der Waals surface area contributed by atoms with E-state index >= 15 is 0 Å². The quantitative estimate of drug-likeness (QED) is 0.508. The molecule has 1 aromatic heterocycles. The number of hydrogen-bond acceptors (Lipinski definition) is 3. The molecule has 5 N–H and O–H groups in total. The highest BCUT2D eigenvalue weighted by molar-refractivity contribution is 6.01. The van der Waals surface area contributed by atoms with E-state index in [0.29, 0.717) is 22.4 Å². The Labute approximate surface area is 129 Å². The zero-order chi connectivity index (χ0) is 16.4. The van der Waals surface area contributed by atoms with E-state index in [4.69, 9.17) is 5.11 Å². The molecule has 1 heterocycles. The highest BCUT2D eigenvalue weighted by atomic mass is 16.4. The number of aromatic amines is 2. The summed E-state index contributed by atoms with van der Waals surface area (Å²) in [5.74, 6) is -1.03. The number of aromatic nitrogens is 2. The minimum Gasteiger partial charge on any atom is -0.478 e. The van der Waals surface area contributed by atoms with Crippen LogP contribution in [0.5, 0.6) is 0 Å². The van der Waals surface area contributed by atoms with E-state index in [1.54, 1.807) is 18.2 Å². The van der Waals surface area contributed by atoms with Gasteiger partial charge < -0.3 is 25.7 Å². The number of imidazole rings is 1. The van der Waals surface area contributed by atoms with Crippen molar-refractivity contribution in [2.45, 2.75) is 0 Å². The zero-order valence-electron chi connectivity index (χ0n) is 11.7. The Balaban J connectivity index is 1.70. The number of carbonyl (C=O) groups excluding carboxylic acids is 1. The molecule has 0 aliphatic heterocycles. The van der Waals surface area contributed by atoms with Gasteiger partial charge in [0.15, 0.2) is 0 Å². The maximum absolute atomic E-state index is 11.9. The molecule has 8 nitrogen and oxygen atoms in total. The van der Waals surface area contributed by atoms with Crippen molar-refractivity contribution in [1.29, 1.82) is 0 Å². The fourth-order valence-corrected chi connectivity index (χ4v) is 2.10. The molecule has 0 saturated heterocycles. The average Bonchev–Trinajstić information content (AvgIpc) is 2.87. The summed E-state index contributed by atoms with van der Waals surface area (Å²) in [4.78, 5) is 39.1. The Morgan fingerprint density at radius 3 is 2.17 bits per heavy atom. The molecule has 116 valence electrons. The molecule has 0 unspecified atom stereocenters. The predicted octanol–water partition coefficient (Wildman–Crippen LogP) is 2.20. The SMILES string of the molecule is O=C(Nc1ccc(C(=O)O)cc1)Nc1ccc2[nH]c(=O)[nH]c2c1. The minimum absolute atomic E-state index is 0.137. The molecule has 0 aliphatic rings. The molecular weight excluding hydrogens is 300 g/mol. The van der Waals surface area contributed by atoms with Gasteiger partial charge in [-0.25, -0.2) is 14.4 Å². The topological polar surface area (TPSA) is 127 Å². The number of H-pyrrole nitrogens is 2. The van der Waals surface area contributed by atoms with Crippen LogP contribution in [0.25, 0.3) is 11.0 Å². The maximum Gasteiger partial charge on any atom is 0.335 e. The van der Waals surface area contributed by atoms with Crippen LogP contribution in [0.2, 0.25) is 0 Å². The van der Waals surface area contributed by atoms with Crippen molar-refractivity contribution in [3.8, 4) is 0 Å². The minimum atomic E-state index is -1.03. The van der Waals surface area contributed by atoms with Crippen LogP contribution in [0.3, 0.4) is 0 Å². The molecule has 2 amide bonds. The Hall–Kier alpha value is -3.55. The zero-order valence-corrected chi connectivity index (χ0v) is 11.7. The van der Waals surface area contributed by atoms with Crippen LogP contribution in [-0.4, -0.2) is 27.1 Å². The second kappa shape index (κ2) is 5.68. The third kappa shape index (κ3) is 3.21. The van der Waals surface area contributed by atoms with Gasteiger partial charge in [-0.1, -0.05) is 0 Å². The molecule has 3 rings (SSSR count). The van der Waals surface area contributed by atoms with Gasteiger partial charge in [-0.3, -0.25) is 0 Å². The van der Waals surface area contributed by atoms with Crippen molar-refractivity contribution < 1.29 is 14.7 Å². The van der Waals surface area contributed by atoms with Crippen LogP contribution in [0.15, 0.2) is 47.3 Å². The lowest BCUT2D eigenvalue weighted by atomic mass is 10.2. The van der Waals surface area contributed by atoms with Gasteiger partial charge in [0.1, 0.15) is 0 Å². The monoisotopic (exact) mass is 312 g/mol. The van der Waals surface area contributed by atoms with Crippen LogP contribution in [0.1, 0.15) is 10.4 Å². The van der Waals surface area contributed by atoms with Gasteiger partial charge in [0.25, 0.3) is 0 Å². The summed E-state index contributed by atoms with van der Waals surface area (Å²) in [6, 6.07) is 10.3. The largest absolute Gasteiger partial charge is 0.478 e. The number of urea groups is 1. The molecule has 0 radical (unpaired) electrons. The summed E-state index contributed by atoms with van der Waals surface area (Å²) in [6.07, 6.45) is 0. The molecule has 3 aromatic rings. The highest BCUT2D eigenvalue weighted by Crippen LogP contribution is 2.15. The molecule has 0 saturated carbocycles. The second-order valence-corrected chi connectivity index (χ2v) is 4.80. The lowest BCUT2D eigenvalue weighted by Crippen LogP contribution is -2.19. The van der Waals surface area contributed by atoms with E-state index in [9.17, 15) is 14.4 Å². The van der Waals surface area contributed by atoms with E-state index in [0.717, 1.165) is 0 Å². The average molecular weight is 312 g/mol. The summed E-state index contributed by atoms with van der Waals surface area (Å²) in [5.41, 5.74) is 2.01. The van der Waals surface area contributed by atoms with Gasteiger partial charge in [0.2, 0.25) is 0 Å². The molecule has 23 heavy (non-hydrogen) atoms. The fourth-order valence-electron chi connectivity index (χ4n) is 2.10. The van der Waals surface area contributed by atoms with Crippen molar-refractivity contribution in [1.82, 2.24) is 9.97 Å². The van der Waals surface area contributed by atoms with Gasteiger partial charge in [0, 0.05) is 11.4 Å². The van der Waals surface area contributed by atoms with Crippen molar-refractivity contribution in [3.05, 3.63) is 58.5 Å². The first kappa shape index (κ1) is 14.4. The van der Waals surface area contributed by atoms with Crippen molar-refractivity contribution in [2.24, 2.45) is 0 Å². The molecule has 0 atom stereocenters. The molecule has 0 spiro atoms. The number of amides is 2. The normalized spacial score (nSPS) is 10.4. The van der Waals surface area contributed by atoms with Gasteiger partial charge in [-0.2, -0.15) is 0 Å². The van der Waals surface area contributed by atoms with Crippen LogP contribution in [0, 0.1) is 0 Å². The number of benzene rings is 2. The van der Waals surface area contributed by atoms with Gasteiger partial charge in [-0.15, -0.1) is 0 Å². The van der Waals surface area contributed by atoms with Crippen LogP contribution >= 0.6 is 0 Å². The molecular formula is C15H12N4O4. The number of aromatic carboxylic acids is 1. The van der Waals surface area contributed by atoms with Crippen molar-refractivity contribution in [2.75, 3.05) is 10.6 Å². The molecule has 2 aromatic carbocycles. The predicted molar refractivity (Wildman–Crippen MR) is 85.0 cm³/mol. The summed E-state index contributed by atoms with van der Waals surface area (Å²) >= 11 is 0. The van der Waals surface area contributed by atoms with E-state index in [-0.39, 0.29) is 11.3 Å². The van der Waals surface area contributed by atoms with E-state index in [1.165, 1.54) is 24.3 Å². The number of nitrogens with one attached hydrogen (secondary N) is 4. The van der Waals surface area contributed by atoms with Crippen molar-refractivity contribution >= 4 is 34.4 Å². The second-order valence-electron chi connectivity index (χ2n) is 4.80. The number of rotatable bonds is 3. The Kier molecular flexibility index (Phi) is 3.55. The number of carboxylic acids is 1. The van der Waals surface area contributed by atoms with Crippen LogP contribution in [-0.2, 0) is 0 Å². The molecule has 0 bridgehead atoms. The molecule has 0 fully saturated rings. The number of hydrogen-bond donors (Lipinski definition) is 5. The number of anilines is 2. The molecule has 0 aliphatic carbocycles. The lowest BCUT2D eigenvalue weighted by molar-refractivity contribution is 0.0697. The Morgan fingerprint density at radius 1 is 0.870 bits per heavy atom. The Bertz CT molecular complexity index is 940. The van der Waals surface area contributed by atoms with Crippen LogP contribution < -0.4 is 16.3 Å². The van der Waals surface area contributed by atoms with E-state index in [2.05, 4.69) is 20.6 Å². The highest BCUT2D eigenvalue weighted by Gasteiger charge is 2.06. The molecule has 8 heteroatoms. The van der Waals surface area contributed by atoms with Gasteiger partial charge in [-0.05, 0) is 42.5 Å². The smallest absolute Gasteiger partial charge is 0.335 e. The summed E-state index contributed by atoms with van der Waals surface area (Å²) < 4.78 is 0. The lowest BCUT2D eigenvalue weighted by Gasteiger charge is -2.08. The third-order valence-corrected chi connectivity index (χ3v) is 3.16. The van der Waals surface area contributed by atoms with Crippen LogP contribution in [0.4, 0.5) is 16.2 Å². The number of carboxylic acid groups (broad SMARTS) is 1. The number of carbonyl (C=O) groups is 2. The van der Waals surface area contributed by atoms with Gasteiger partial charge in [0.05, 0.1) is 16.6 Å².